The Morgan fingerprint density at radius 2 is 1.88 bits per heavy atom. The van der Waals surface area contributed by atoms with E-state index in [1.165, 1.54) is 12.2 Å². The normalized spacial score (nSPS) is 17.9. The van der Waals surface area contributed by atoms with Crippen LogP contribution in [0.5, 0.6) is 0 Å². The number of sulfonamides is 1. The number of amides is 1. The van der Waals surface area contributed by atoms with Gasteiger partial charge in [0.05, 0.1) is 11.3 Å². The zero-order valence-electron chi connectivity index (χ0n) is 8.93. The summed E-state index contributed by atoms with van der Waals surface area (Å²) in [6.45, 7) is 7.00. The topological polar surface area (TPSA) is 89.3 Å². The Bertz CT molecular complexity index is 390. The van der Waals surface area contributed by atoms with Crippen LogP contribution in [0.2, 0.25) is 0 Å². The lowest BCUT2D eigenvalue weighted by Gasteiger charge is -2.16. The van der Waals surface area contributed by atoms with Gasteiger partial charge in [-0.05, 0) is 12.8 Å². The monoisotopic (exact) mass is 244 g/mol. The van der Waals surface area contributed by atoms with Gasteiger partial charge in [0.25, 0.3) is 5.91 Å². The van der Waals surface area contributed by atoms with E-state index in [2.05, 4.69) is 13.2 Å². The van der Waals surface area contributed by atoms with Gasteiger partial charge in [0.15, 0.2) is 0 Å². The molecule has 16 heavy (non-hydrogen) atoms. The molecule has 6 heteroatoms. The maximum Gasteiger partial charge on any atom is 0.251 e. The second kappa shape index (κ2) is 4.80. The number of hydrogen-bond acceptors (Lipinski definition) is 4. The molecule has 90 valence electrons. The third kappa shape index (κ3) is 2.93. The molecule has 1 rings (SSSR count). The summed E-state index contributed by atoms with van der Waals surface area (Å²) < 4.78 is 24.9. The fourth-order valence-corrected chi connectivity index (χ4v) is 2.57. The molecule has 0 heterocycles. The minimum Gasteiger partial charge on any atom is -0.319 e. The number of rotatable bonds is 6. The summed E-state index contributed by atoms with van der Waals surface area (Å²) in [4.78, 5) is 11.5. The molecule has 5 nitrogen and oxygen atoms in total. The molecule has 1 amide bonds. The Balaban J connectivity index is 2.64. The van der Waals surface area contributed by atoms with Gasteiger partial charge in [-0.1, -0.05) is 12.2 Å². The average Bonchev–Trinajstić information content (AvgIpc) is 3.01. The van der Waals surface area contributed by atoms with E-state index in [1.54, 1.807) is 0 Å². The minimum atomic E-state index is -3.53. The molecule has 0 aromatic carbocycles. The quantitative estimate of drug-likeness (QED) is 0.639. The van der Waals surface area contributed by atoms with Gasteiger partial charge < -0.3 is 5.73 Å². The van der Waals surface area contributed by atoms with Crippen LogP contribution in [0, 0.1) is 5.92 Å². The average molecular weight is 244 g/mol. The van der Waals surface area contributed by atoms with E-state index >= 15 is 0 Å². The summed E-state index contributed by atoms with van der Waals surface area (Å²) >= 11 is 0. The van der Waals surface area contributed by atoms with Crippen molar-refractivity contribution in [2.45, 2.75) is 24.1 Å². The predicted octanol–water partition coefficient (Wildman–Crippen LogP) is -0.0897. The van der Waals surface area contributed by atoms with Crippen molar-refractivity contribution in [3.05, 3.63) is 25.3 Å². The Kier molecular flexibility index (Phi) is 3.88. The van der Waals surface area contributed by atoms with E-state index in [9.17, 15) is 13.2 Å². The van der Waals surface area contributed by atoms with E-state index in [0.29, 0.717) is 12.8 Å². The summed E-state index contributed by atoms with van der Waals surface area (Å²) in [5.41, 5.74) is 5.59. The van der Waals surface area contributed by atoms with Gasteiger partial charge >= 0.3 is 0 Å². The van der Waals surface area contributed by atoms with Gasteiger partial charge in [0, 0.05) is 5.92 Å². The molecule has 1 saturated carbocycles. The Morgan fingerprint density at radius 1 is 1.38 bits per heavy atom. The van der Waals surface area contributed by atoms with Gasteiger partial charge in [-0.2, -0.15) is 0 Å². The van der Waals surface area contributed by atoms with E-state index in [-0.39, 0.29) is 0 Å². The van der Waals surface area contributed by atoms with Crippen molar-refractivity contribution in [3.63, 3.8) is 0 Å². The van der Waals surface area contributed by atoms with Crippen LogP contribution in [0.3, 0.4) is 0 Å². The van der Waals surface area contributed by atoms with Gasteiger partial charge in [0.2, 0.25) is 10.0 Å². The summed E-state index contributed by atoms with van der Waals surface area (Å²) in [7, 11) is -3.53. The van der Waals surface area contributed by atoms with Crippen LogP contribution < -0.4 is 10.5 Å². The molecular formula is C10H16N2O3S. The predicted molar refractivity (Wildman–Crippen MR) is 61.9 cm³/mol. The molecule has 1 atom stereocenters. The highest BCUT2D eigenvalue weighted by atomic mass is 32.2. The lowest BCUT2D eigenvalue weighted by molar-refractivity contribution is -0.121. The van der Waals surface area contributed by atoms with Gasteiger partial charge in [0.1, 0.15) is 0 Å². The van der Waals surface area contributed by atoms with E-state index in [1.807, 2.05) is 4.72 Å². The molecule has 1 fully saturated rings. The van der Waals surface area contributed by atoms with Crippen molar-refractivity contribution in [2.75, 3.05) is 0 Å². The maximum atomic E-state index is 11.5. The van der Waals surface area contributed by atoms with Crippen molar-refractivity contribution in [1.29, 1.82) is 0 Å². The highest BCUT2D eigenvalue weighted by Gasteiger charge is 2.38. The molecule has 0 aromatic rings. The van der Waals surface area contributed by atoms with Crippen molar-refractivity contribution >= 4 is 15.9 Å². The van der Waals surface area contributed by atoms with Crippen LogP contribution in [0.25, 0.3) is 0 Å². The second-order valence-corrected chi connectivity index (χ2v) is 5.75. The van der Waals surface area contributed by atoms with Crippen LogP contribution >= 0.6 is 0 Å². The third-order valence-electron chi connectivity index (χ3n) is 2.47. The number of nitrogens with two attached hydrogens (primary N) is 1. The number of nitrogens with one attached hydrogen (secondary N) is 1. The largest absolute Gasteiger partial charge is 0.319 e. The summed E-state index contributed by atoms with van der Waals surface area (Å²) in [6, 6.07) is -0.969. The SMILES string of the molecule is C=CC(C=C)C(N)C(=O)NS(=O)(=O)C1CC1. The third-order valence-corrected chi connectivity index (χ3v) is 4.30. The maximum absolute atomic E-state index is 11.5. The molecule has 0 spiro atoms. The van der Waals surface area contributed by atoms with E-state index in [0.717, 1.165) is 0 Å². The highest BCUT2D eigenvalue weighted by molar-refractivity contribution is 7.90. The Labute approximate surface area is 95.5 Å². The van der Waals surface area contributed by atoms with Crippen molar-refractivity contribution in [2.24, 2.45) is 11.7 Å². The van der Waals surface area contributed by atoms with Crippen molar-refractivity contribution in [3.8, 4) is 0 Å². The minimum absolute atomic E-state index is 0.436. The first kappa shape index (κ1) is 12.9. The van der Waals surface area contributed by atoms with Crippen LogP contribution in [-0.4, -0.2) is 25.6 Å². The van der Waals surface area contributed by atoms with Crippen LogP contribution in [0.15, 0.2) is 25.3 Å². The van der Waals surface area contributed by atoms with Gasteiger partial charge in [-0.25, -0.2) is 8.42 Å². The molecule has 0 bridgehead atoms. The van der Waals surface area contributed by atoms with E-state index in [4.69, 9.17) is 5.73 Å². The fourth-order valence-electron chi connectivity index (χ4n) is 1.23. The molecule has 0 radical (unpaired) electrons. The molecular weight excluding hydrogens is 228 g/mol. The van der Waals surface area contributed by atoms with E-state index < -0.39 is 33.1 Å². The highest BCUT2D eigenvalue weighted by Crippen LogP contribution is 2.27. The van der Waals surface area contributed by atoms with Crippen molar-refractivity contribution in [1.82, 2.24) is 4.72 Å². The molecule has 1 aliphatic carbocycles. The number of carbonyl (C=O) groups is 1. The van der Waals surface area contributed by atoms with Crippen LogP contribution in [-0.2, 0) is 14.8 Å². The molecule has 3 N–H and O–H groups in total. The lowest BCUT2D eigenvalue weighted by Crippen LogP contribution is -2.47. The second-order valence-electron chi connectivity index (χ2n) is 3.79. The Morgan fingerprint density at radius 3 is 2.25 bits per heavy atom. The smallest absolute Gasteiger partial charge is 0.251 e. The van der Waals surface area contributed by atoms with Crippen LogP contribution in [0.4, 0.5) is 0 Å². The number of carbonyl (C=O) groups excluding carboxylic acids is 1. The first-order valence-corrected chi connectivity index (χ1v) is 6.53. The first-order valence-electron chi connectivity index (χ1n) is 4.98. The van der Waals surface area contributed by atoms with Gasteiger partial charge in [-0.15, -0.1) is 13.2 Å². The Hall–Kier alpha value is -1.14. The zero-order valence-corrected chi connectivity index (χ0v) is 9.74. The summed E-state index contributed by atoms with van der Waals surface area (Å²) in [6.07, 6.45) is 4.12. The summed E-state index contributed by atoms with van der Waals surface area (Å²) in [5.74, 6) is -1.15. The molecule has 0 aliphatic heterocycles. The molecule has 0 aromatic heterocycles. The van der Waals surface area contributed by atoms with Crippen molar-refractivity contribution < 1.29 is 13.2 Å². The standard InChI is InChI=1S/C10H16N2O3S/c1-3-7(4-2)9(11)10(13)12-16(14,15)8-5-6-8/h3-4,7-9H,1-2,5-6,11H2,(H,12,13). The number of hydrogen-bond donors (Lipinski definition) is 2. The molecule has 1 aliphatic rings. The molecule has 1 unspecified atom stereocenters. The van der Waals surface area contributed by atoms with Crippen LogP contribution in [0.1, 0.15) is 12.8 Å². The molecule has 0 saturated heterocycles. The zero-order chi connectivity index (χ0) is 12.3. The fraction of sp³-hybridized carbons (Fsp3) is 0.500. The first-order chi connectivity index (χ1) is 7.42. The van der Waals surface area contributed by atoms with Gasteiger partial charge in [-0.3, -0.25) is 9.52 Å². The summed E-state index contributed by atoms with van der Waals surface area (Å²) in [5, 5.41) is -0.436. The lowest BCUT2D eigenvalue weighted by atomic mass is 10.0.